The predicted molar refractivity (Wildman–Crippen MR) is 188 cm³/mol. The van der Waals surface area contributed by atoms with Gasteiger partial charge in [-0.25, -0.2) is 0 Å². The van der Waals surface area contributed by atoms with Gasteiger partial charge in [-0.15, -0.1) is 0 Å². The maximum atomic E-state index is 13.7. The molecular formula is C40H37N3O7. The Morgan fingerprint density at radius 3 is 1.82 bits per heavy atom. The van der Waals surface area contributed by atoms with Gasteiger partial charge in [0.2, 0.25) is 0 Å². The van der Waals surface area contributed by atoms with Crippen LogP contribution in [0.5, 0.6) is 0 Å². The standard InChI is InChI=1S/C40H37N3O7/c44-35-25-33(41-39(48)29-13-5-1-6-14-29)23-24-43(35)36-27-42(26-34(50-36)28-49-38(47)22-21-37(45)46)40(30-15-7-2-8-16-30,31-17-9-3-10-18-31)32-19-11-4-12-20-32/h1-20,23-25,34,36H,21-22,26-28H2,(H,41,48)(H,45,46)/t34-,36+/m0/s1. The van der Waals surface area contributed by atoms with Crippen molar-refractivity contribution in [2.45, 2.75) is 30.7 Å². The highest BCUT2D eigenvalue weighted by Crippen LogP contribution is 2.44. The molecule has 0 saturated carbocycles. The van der Waals surface area contributed by atoms with Crippen molar-refractivity contribution in [2.24, 2.45) is 0 Å². The van der Waals surface area contributed by atoms with Crippen LogP contribution in [0.15, 0.2) is 144 Å². The Kier molecular flexibility index (Phi) is 10.6. The van der Waals surface area contributed by atoms with Crippen LogP contribution in [0.25, 0.3) is 0 Å². The number of morpholine rings is 1. The van der Waals surface area contributed by atoms with Crippen molar-refractivity contribution >= 4 is 23.5 Å². The molecule has 6 rings (SSSR count). The lowest BCUT2D eigenvalue weighted by molar-refractivity contribution is -0.170. The second-order valence-electron chi connectivity index (χ2n) is 12.0. The molecule has 2 atom stereocenters. The van der Waals surface area contributed by atoms with Crippen LogP contribution in [0.4, 0.5) is 5.69 Å². The third-order valence-electron chi connectivity index (χ3n) is 8.72. The number of benzene rings is 4. The first-order valence-corrected chi connectivity index (χ1v) is 16.4. The molecular weight excluding hydrogens is 634 g/mol. The van der Waals surface area contributed by atoms with Crippen LogP contribution in [0.3, 0.4) is 0 Å². The van der Waals surface area contributed by atoms with Gasteiger partial charge in [-0.1, -0.05) is 109 Å². The number of carbonyl (C=O) groups is 3. The molecule has 0 radical (unpaired) electrons. The molecule has 0 bridgehead atoms. The van der Waals surface area contributed by atoms with E-state index in [0.29, 0.717) is 17.8 Å². The van der Waals surface area contributed by atoms with Crippen LogP contribution in [-0.4, -0.2) is 58.2 Å². The van der Waals surface area contributed by atoms with Gasteiger partial charge in [0.25, 0.3) is 11.5 Å². The number of carbonyl (C=O) groups excluding carboxylic acids is 2. The summed E-state index contributed by atoms with van der Waals surface area (Å²) in [5.74, 6) is -2.09. The summed E-state index contributed by atoms with van der Waals surface area (Å²) in [5.41, 5.74) is 2.51. The topological polar surface area (TPSA) is 127 Å². The quantitative estimate of drug-likeness (QED) is 0.128. The van der Waals surface area contributed by atoms with Crippen LogP contribution < -0.4 is 10.9 Å². The van der Waals surface area contributed by atoms with E-state index in [2.05, 4.69) is 46.6 Å². The number of pyridine rings is 1. The number of ether oxygens (including phenoxy) is 2. The van der Waals surface area contributed by atoms with Gasteiger partial charge in [0.1, 0.15) is 18.9 Å². The van der Waals surface area contributed by atoms with Gasteiger partial charge in [-0.2, -0.15) is 0 Å². The minimum Gasteiger partial charge on any atom is -0.481 e. The highest BCUT2D eigenvalue weighted by molar-refractivity contribution is 6.04. The van der Waals surface area contributed by atoms with E-state index < -0.39 is 35.4 Å². The Morgan fingerprint density at radius 1 is 0.760 bits per heavy atom. The van der Waals surface area contributed by atoms with Crippen molar-refractivity contribution in [1.29, 1.82) is 0 Å². The van der Waals surface area contributed by atoms with Crippen molar-refractivity contribution < 1.29 is 29.0 Å². The fourth-order valence-electron chi connectivity index (χ4n) is 6.49. The summed E-state index contributed by atoms with van der Waals surface area (Å²) in [6, 6.07) is 42.0. The third-order valence-corrected chi connectivity index (χ3v) is 8.72. The third kappa shape index (κ3) is 7.57. The molecule has 5 aromatic rings. The zero-order valence-corrected chi connectivity index (χ0v) is 27.3. The lowest BCUT2D eigenvalue weighted by Crippen LogP contribution is -2.58. The molecule has 254 valence electrons. The molecule has 1 aliphatic rings. The SMILES string of the molecule is O=C(O)CCC(=O)OC[C@@H]1CN(C(c2ccccc2)(c2ccccc2)c2ccccc2)C[C@H](n2ccc(NC(=O)c3ccccc3)cc2=O)O1. The number of anilines is 1. The molecule has 10 nitrogen and oxygen atoms in total. The van der Waals surface area contributed by atoms with E-state index in [1.54, 1.807) is 36.5 Å². The van der Waals surface area contributed by atoms with Crippen molar-refractivity contribution in [3.8, 4) is 0 Å². The van der Waals surface area contributed by atoms with Crippen molar-refractivity contribution in [3.05, 3.63) is 172 Å². The van der Waals surface area contributed by atoms with Gasteiger partial charge in [0, 0.05) is 36.6 Å². The van der Waals surface area contributed by atoms with Crippen molar-refractivity contribution in [3.63, 3.8) is 0 Å². The summed E-state index contributed by atoms with van der Waals surface area (Å²) >= 11 is 0. The Labute approximate surface area is 289 Å². The predicted octanol–water partition coefficient (Wildman–Crippen LogP) is 5.70. The van der Waals surface area contributed by atoms with Crippen molar-refractivity contribution in [2.75, 3.05) is 25.0 Å². The van der Waals surface area contributed by atoms with Crippen LogP contribution >= 0.6 is 0 Å². The zero-order chi connectivity index (χ0) is 34.9. The number of hydrogen-bond donors (Lipinski definition) is 2. The molecule has 0 aliphatic carbocycles. The van der Waals surface area contributed by atoms with Gasteiger partial charge in [0.15, 0.2) is 0 Å². The number of esters is 1. The smallest absolute Gasteiger partial charge is 0.306 e. The average Bonchev–Trinajstić information content (AvgIpc) is 3.15. The normalized spacial score (nSPS) is 16.3. The summed E-state index contributed by atoms with van der Waals surface area (Å²) in [7, 11) is 0. The number of nitrogens with one attached hydrogen (secondary N) is 1. The number of aromatic nitrogens is 1. The average molecular weight is 672 g/mol. The molecule has 10 heteroatoms. The van der Waals surface area contributed by atoms with E-state index in [0.717, 1.165) is 16.7 Å². The largest absolute Gasteiger partial charge is 0.481 e. The molecule has 1 aromatic heterocycles. The number of carboxylic acids is 1. The molecule has 2 N–H and O–H groups in total. The lowest BCUT2D eigenvalue weighted by atomic mass is 9.75. The van der Waals surface area contributed by atoms with Crippen LogP contribution in [0, 0.1) is 0 Å². The summed E-state index contributed by atoms with van der Waals surface area (Å²) in [4.78, 5) is 52.3. The Balaban J connectivity index is 1.40. The summed E-state index contributed by atoms with van der Waals surface area (Å²) in [6.45, 7) is 0.416. The zero-order valence-electron chi connectivity index (χ0n) is 27.3. The Hall–Kier alpha value is -5.84. The second-order valence-corrected chi connectivity index (χ2v) is 12.0. The van der Waals surface area contributed by atoms with E-state index in [-0.39, 0.29) is 31.9 Å². The molecule has 1 fully saturated rings. The van der Waals surface area contributed by atoms with Gasteiger partial charge in [-0.3, -0.25) is 28.6 Å². The van der Waals surface area contributed by atoms with Crippen LogP contribution in [0.2, 0.25) is 0 Å². The number of carboxylic acid groups (broad SMARTS) is 1. The first kappa shape index (κ1) is 34.0. The van der Waals surface area contributed by atoms with Gasteiger partial charge in [-0.05, 0) is 34.9 Å². The van der Waals surface area contributed by atoms with E-state index in [1.807, 2.05) is 60.7 Å². The highest BCUT2D eigenvalue weighted by atomic mass is 16.6. The first-order chi connectivity index (χ1) is 24.3. The minimum absolute atomic E-state index is 0.153. The maximum absolute atomic E-state index is 13.7. The fourth-order valence-corrected chi connectivity index (χ4v) is 6.49. The molecule has 50 heavy (non-hydrogen) atoms. The van der Waals surface area contributed by atoms with E-state index in [4.69, 9.17) is 14.6 Å². The van der Waals surface area contributed by atoms with E-state index >= 15 is 0 Å². The Bertz CT molecular complexity index is 1870. The number of rotatable bonds is 12. The summed E-state index contributed by atoms with van der Waals surface area (Å²) in [5, 5.41) is 11.8. The number of amides is 1. The van der Waals surface area contributed by atoms with Gasteiger partial charge in [0.05, 0.1) is 18.4 Å². The van der Waals surface area contributed by atoms with Gasteiger partial charge >= 0.3 is 11.9 Å². The highest BCUT2D eigenvalue weighted by Gasteiger charge is 2.46. The molecule has 1 saturated heterocycles. The molecule has 1 amide bonds. The molecule has 0 spiro atoms. The molecule has 1 aliphatic heterocycles. The monoisotopic (exact) mass is 671 g/mol. The summed E-state index contributed by atoms with van der Waals surface area (Å²) < 4.78 is 13.5. The fraction of sp³-hybridized carbons (Fsp3) is 0.200. The first-order valence-electron chi connectivity index (χ1n) is 16.4. The molecule has 0 unspecified atom stereocenters. The molecule has 4 aromatic carbocycles. The van der Waals surface area contributed by atoms with Crippen LogP contribution in [0.1, 0.15) is 46.1 Å². The Morgan fingerprint density at radius 2 is 1.30 bits per heavy atom. The lowest BCUT2D eigenvalue weighted by Gasteiger charge is -2.50. The van der Waals surface area contributed by atoms with E-state index in [1.165, 1.54) is 10.6 Å². The van der Waals surface area contributed by atoms with E-state index in [9.17, 15) is 19.2 Å². The number of hydrogen-bond acceptors (Lipinski definition) is 7. The second kappa shape index (κ2) is 15.6. The van der Waals surface area contributed by atoms with Crippen LogP contribution in [-0.2, 0) is 24.6 Å². The number of nitrogens with zero attached hydrogens (tertiary/aromatic N) is 2. The number of aliphatic carboxylic acids is 1. The molecule has 2 heterocycles. The van der Waals surface area contributed by atoms with Crippen molar-refractivity contribution in [1.82, 2.24) is 9.47 Å². The van der Waals surface area contributed by atoms with Gasteiger partial charge < -0.3 is 19.9 Å². The maximum Gasteiger partial charge on any atom is 0.306 e. The minimum atomic E-state index is -1.09. The summed E-state index contributed by atoms with van der Waals surface area (Å²) in [6.07, 6.45) is -0.550.